The van der Waals surface area contributed by atoms with Crippen LogP contribution >= 0.6 is 0 Å². The molecule has 0 saturated heterocycles. The van der Waals surface area contributed by atoms with E-state index in [0.717, 1.165) is 5.56 Å². The molecule has 1 amide bonds. The zero-order chi connectivity index (χ0) is 13.8. The second kappa shape index (κ2) is 5.99. The minimum absolute atomic E-state index is 0.167. The quantitative estimate of drug-likeness (QED) is 0.698. The number of hydrogen-bond acceptors (Lipinski definition) is 5. The molecule has 1 saturated carbocycles. The third-order valence-electron chi connectivity index (χ3n) is 3.41. The summed E-state index contributed by atoms with van der Waals surface area (Å²) in [6, 6.07) is 3.32. The summed E-state index contributed by atoms with van der Waals surface area (Å²) < 4.78 is 4.99. The highest BCUT2D eigenvalue weighted by molar-refractivity contribution is 5.77. The Morgan fingerprint density at radius 1 is 1.58 bits per heavy atom. The van der Waals surface area contributed by atoms with Crippen molar-refractivity contribution in [3.63, 3.8) is 0 Å². The molecule has 104 valence electrons. The van der Waals surface area contributed by atoms with Crippen LogP contribution in [0.1, 0.15) is 24.4 Å². The number of amides is 1. The fourth-order valence-corrected chi connectivity index (χ4v) is 2.29. The third-order valence-corrected chi connectivity index (χ3v) is 3.41. The summed E-state index contributed by atoms with van der Waals surface area (Å²) in [6.07, 6.45) is 2.63. The van der Waals surface area contributed by atoms with E-state index >= 15 is 0 Å². The van der Waals surface area contributed by atoms with E-state index in [1.165, 1.54) is 7.11 Å². The van der Waals surface area contributed by atoms with Gasteiger partial charge in [-0.25, -0.2) is 4.98 Å². The lowest BCUT2D eigenvalue weighted by Crippen LogP contribution is -2.42. The number of nitrogens with one attached hydrogen (secondary N) is 1. The molecule has 0 spiro atoms. The number of carbonyl (C=O) groups excluding carboxylic acids is 1. The van der Waals surface area contributed by atoms with E-state index in [2.05, 4.69) is 10.3 Å². The van der Waals surface area contributed by atoms with Gasteiger partial charge in [-0.15, -0.1) is 0 Å². The lowest BCUT2D eigenvalue weighted by Gasteiger charge is -2.38. The van der Waals surface area contributed by atoms with Crippen molar-refractivity contribution in [2.45, 2.75) is 25.0 Å². The molecular formula is C13H18N2O4. The van der Waals surface area contributed by atoms with E-state index < -0.39 is 12.5 Å². The topological polar surface area (TPSA) is 91.7 Å². The van der Waals surface area contributed by atoms with Gasteiger partial charge in [0.05, 0.1) is 19.3 Å². The van der Waals surface area contributed by atoms with Gasteiger partial charge in [0, 0.05) is 12.3 Å². The van der Waals surface area contributed by atoms with Crippen LogP contribution in [-0.2, 0) is 4.79 Å². The largest absolute Gasteiger partial charge is 0.481 e. The first-order valence-corrected chi connectivity index (χ1v) is 6.22. The summed E-state index contributed by atoms with van der Waals surface area (Å²) in [5.74, 6) is 0.243. The number of aliphatic hydroxyl groups is 2. The first-order chi connectivity index (χ1) is 9.13. The van der Waals surface area contributed by atoms with Crippen LogP contribution in [0.3, 0.4) is 0 Å². The molecule has 1 fully saturated rings. The number of pyridine rings is 1. The van der Waals surface area contributed by atoms with Gasteiger partial charge < -0.3 is 20.3 Å². The Morgan fingerprint density at radius 3 is 2.79 bits per heavy atom. The Balaban J connectivity index is 2.13. The molecule has 1 aromatic heterocycles. The molecule has 1 aromatic rings. The van der Waals surface area contributed by atoms with Crippen molar-refractivity contribution in [3.8, 4) is 5.88 Å². The smallest absolute Gasteiger partial charge is 0.246 e. The molecule has 1 unspecified atom stereocenters. The molecule has 0 aliphatic heterocycles. The van der Waals surface area contributed by atoms with Crippen LogP contribution in [-0.4, -0.2) is 40.9 Å². The maximum absolute atomic E-state index is 11.4. The van der Waals surface area contributed by atoms with Crippen LogP contribution in [0.5, 0.6) is 5.88 Å². The van der Waals surface area contributed by atoms with Gasteiger partial charge in [0.15, 0.2) is 0 Å². The number of methoxy groups -OCH3 is 1. The summed E-state index contributed by atoms with van der Waals surface area (Å²) in [5, 5.41) is 21.0. The van der Waals surface area contributed by atoms with E-state index in [-0.39, 0.29) is 18.1 Å². The SMILES string of the molecule is COc1ccc(C(NC(=O)CO)C2CC(O)C2)cn1. The predicted molar refractivity (Wildman–Crippen MR) is 67.5 cm³/mol. The minimum Gasteiger partial charge on any atom is -0.481 e. The van der Waals surface area contributed by atoms with Crippen LogP contribution < -0.4 is 10.1 Å². The maximum Gasteiger partial charge on any atom is 0.246 e. The van der Waals surface area contributed by atoms with Crippen LogP contribution in [0.2, 0.25) is 0 Å². The second-order valence-electron chi connectivity index (χ2n) is 4.72. The van der Waals surface area contributed by atoms with Crippen molar-refractivity contribution >= 4 is 5.91 Å². The zero-order valence-corrected chi connectivity index (χ0v) is 10.7. The Hall–Kier alpha value is -1.66. The average Bonchev–Trinajstić information content (AvgIpc) is 2.41. The van der Waals surface area contributed by atoms with Crippen LogP contribution in [0.25, 0.3) is 0 Å². The van der Waals surface area contributed by atoms with Crippen molar-refractivity contribution in [1.82, 2.24) is 10.3 Å². The standard InChI is InChI=1S/C13H18N2O4/c1-19-12-3-2-8(6-14-12)13(15-11(18)7-16)9-4-10(17)5-9/h2-3,6,9-10,13,16-17H,4-5,7H2,1H3,(H,15,18). The summed E-state index contributed by atoms with van der Waals surface area (Å²) in [6.45, 7) is -0.546. The van der Waals surface area contributed by atoms with Gasteiger partial charge in [-0.05, 0) is 24.3 Å². The summed E-state index contributed by atoms with van der Waals surface area (Å²) in [7, 11) is 1.54. The van der Waals surface area contributed by atoms with Crippen molar-refractivity contribution in [3.05, 3.63) is 23.9 Å². The minimum atomic E-state index is -0.546. The molecule has 1 aliphatic rings. The highest BCUT2D eigenvalue weighted by atomic mass is 16.5. The van der Waals surface area contributed by atoms with Crippen molar-refractivity contribution in [1.29, 1.82) is 0 Å². The first-order valence-electron chi connectivity index (χ1n) is 6.22. The van der Waals surface area contributed by atoms with Crippen LogP contribution in [0, 0.1) is 5.92 Å². The normalized spacial score (nSPS) is 23.3. The number of aromatic nitrogens is 1. The number of nitrogens with zero attached hydrogens (tertiary/aromatic N) is 1. The third kappa shape index (κ3) is 3.21. The molecule has 1 aliphatic carbocycles. The van der Waals surface area contributed by atoms with Crippen molar-refractivity contribution in [2.75, 3.05) is 13.7 Å². The first kappa shape index (κ1) is 13.8. The molecule has 0 radical (unpaired) electrons. The number of ether oxygens (including phenoxy) is 1. The predicted octanol–water partition coefficient (Wildman–Crippen LogP) is 0.0107. The van der Waals surface area contributed by atoms with E-state index in [1.54, 1.807) is 12.3 Å². The molecule has 2 rings (SSSR count). The van der Waals surface area contributed by atoms with E-state index in [9.17, 15) is 9.90 Å². The molecule has 1 heterocycles. The lowest BCUT2D eigenvalue weighted by molar-refractivity contribution is -0.125. The maximum atomic E-state index is 11.4. The van der Waals surface area contributed by atoms with Gasteiger partial charge in [-0.2, -0.15) is 0 Å². The molecular weight excluding hydrogens is 248 g/mol. The second-order valence-corrected chi connectivity index (χ2v) is 4.72. The van der Waals surface area contributed by atoms with E-state index in [4.69, 9.17) is 9.84 Å². The van der Waals surface area contributed by atoms with Crippen LogP contribution in [0.15, 0.2) is 18.3 Å². The fraction of sp³-hybridized carbons (Fsp3) is 0.538. The highest BCUT2D eigenvalue weighted by Crippen LogP contribution is 2.38. The summed E-state index contributed by atoms with van der Waals surface area (Å²) >= 11 is 0. The Labute approximate surface area is 111 Å². The summed E-state index contributed by atoms with van der Waals surface area (Å²) in [4.78, 5) is 15.5. The van der Waals surface area contributed by atoms with Gasteiger partial charge in [0.25, 0.3) is 0 Å². The lowest BCUT2D eigenvalue weighted by atomic mass is 9.75. The molecule has 1 atom stereocenters. The molecule has 6 nitrogen and oxygen atoms in total. The molecule has 3 N–H and O–H groups in total. The van der Waals surface area contributed by atoms with Gasteiger partial charge in [-0.3, -0.25) is 4.79 Å². The van der Waals surface area contributed by atoms with Gasteiger partial charge in [-0.1, -0.05) is 6.07 Å². The van der Waals surface area contributed by atoms with E-state index in [1.807, 2.05) is 6.07 Å². The molecule has 0 aromatic carbocycles. The average molecular weight is 266 g/mol. The van der Waals surface area contributed by atoms with Gasteiger partial charge in [0.1, 0.15) is 6.61 Å². The monoisotopic (exact) mass is 266 g/mol. The number of carbonyl (C=O) groups is 1. The van der Waals surface area contributed by atoms with Crippen LogP contribution in [0.4, 0.5) is 0 Å². The highest BCUT2D eigenvalue weighted by Gasteiger charge is 2.35. The van der Waals surface area contributed by atoms with Crippen molar-refractivity contribution < 1.29 is 19.7 Å². The molecule has 6 heteroatoms. The Bertz CT molecular complexity index is 429. The summed E-state index contributed by atoms with van der Waals surface area (Å²) in [5.41, 5.74) is 0.847. The number of hydrogen-bond donors (Lipinski definition) is 3. The molecule has 0 bridgehead atoms. The number of rotatable bonds is 5. The Morgan fingerprint density at radius 2 is 2.32 bits per heavy atom. The van der Waals surface area contributed by atoms with Crippen molar-refractivity contribution in [2.24, 2.45) is 5.92 Å². The Kier molecular flexibility index (Phi) is 4.34. The van der Waals surface area contributed by atoms with Gasteiger partial charge in [0.2, 0.25) is 11.8 Å². The van der Waals surface area contributed by atoms with E-state index in [0.29, 0.717) is 18.7 Å². The fourth-order valence-electron chi connectivity index (χ4n) is 2.29. The molecule has 19 heavy (non-hydrogen) atoms. The number of aliphatic hydroxyl groups excluding tert-OH is 2. The van der Waals surface area contributed by atoms with Gasteiger partial charge >= 0.3 is 0 Å². The zero-order valence-electron chi connectivity index (χ0n) is 10.7.